The average molecular weight is 309 g/mol. The molecule has 3 rings (SSSR count). The summed E-state index contributed by atoms with van der Waals surface area (Å²) < 4.78 is 15.1. The molecule has 1 aromatic carbocycles. The number of benzene rings is 1. The fourth-order valence-corrected chi connectivity index (χ4v) is 3.11. The first-order chi connectivity index (χ1) is 9.56. The maximum atomic E-state index is 13.8. The van der Waals surface area contributed by atoms with E-state index in [1.54, 1.807) is 12.1 Å². The van der Waals surface area contributed by atoms with Crippen LogP contribution in [0.1, 0.15) is 10.4 Å². The van der Waals surface area contributed by atoms with Gasteiger partial charge in [-0.2, -0.15) is 0 Å². The molecule has 0 amide bonds. The summed E-state index contributed by atoms with van der Waals surface area (Å²) in [6.07, 6.45) is 1.43. The van der Waals surface area contributed by atoms with Crippen LogP contribution in [0.2, 0.25) is 5.02 Å². The van der Waals surface area contributed by atoms with Crippen LogP contribution in [0.5, 0.6) is 0 Å². The van der Waals surface area contributed by atoms with Crippen molar-refractivity contribution in [3.05, 3.63) is 62.2 Å². The predicted octanol–water partition coefficient (Wildman–Crippen LogP) is 3.61. The highest BCUT2D eigenvalue weighted by Gasteiger charge is 2.11. The van der Waals surface area contributed by atoms with E-state index in [2.05, 4.69) is 4.98 Å². The number of hydrogen-bond donors (Lipinski definition) is 0. The van der Waals surface area contributed by atoms with Crippen LogP contribution in [0.15, 0.2) is 35.4 Å². The molecular weight excluding hydrogens is 299 g/mol. The molecule has 0 aliphatic rings. The highest BCUT2D eigenvalue weighted by Crippen LogP contribution is 2.21. The van der Waals surface area contributed by atoms with Crippen LogP contribution in [-0.2, 0) is 6.54 Å². The second-order valence-corrected chi connectivity index (χ2v) is 6.10. The van der Waals surface area contributed by atoms with Gasteiger partial charge in [0, 0.05) is 15.5 Å². The van der Waals surface area contributed by atoms with Gasteiger partial charge in [0.25, 0.3) is 5.56 Å². The Labute approximate surface area is 123 Å². The maximum Gasteiger partial charge on any atom is 0.262 e. The summed E-state index contributed by atoms with van der Waals surface area (Å²) in [5, 5.41) is 0.862. The van der Waals surface area contributed by atoms with E-state index < -0.39 is 5.82 Å². The van der Waals surface area contributed by atoms with Crippen molar-refractivity contribution in [2.24, 2.45) is 0 Å². The molecule has 0 aliphatic heterocycles. The SMILES string of the molecule is Cc1cc2c(=O)n(Cc3c(F)cccc3Cl)cnc2s1. The number of aromatic nitrogens is 2. The molecule has 6 heteroatoms. The zero-order chi connectivity index (χ0) is 14.3. The molecule has 0 radical (unpaired) electrons. The predicted molar refractivity (Wildman–Crippen MR) is 79.1 cm³/mol. The Balaban J connectivity index is 2.12. The smallest absolute Gasteiger partial charge is 0.262 e. The molecular formula is C14H10ClFN2OS. The largest absolute Gasteiger partial charge is 0.294 e. The summed E-state index contributed by atoms with van der Waals surface area (Å²) in [6, 6.07) is 6.26. The Morgan fingerprint density at radius 3 is 3.00 bits per heavy atom. The van der Waals surface area contributed by atoms with Crippen molar-refractivity contribution in [2.75, 3.05) is 0 Å². The quantitative estimate of drug-likeness (QED) is 0.725. The lowest BCUT2D eigenvalue weighted by Gasteiger charge is -2.08. The van der Waals surface area contributed by atoms with Crippen LogP contribution in [0.25, 0.3) is 10.2 Å². The topological polar surface area (TPSA) is 34.9 Å². The third-order valence-electron chi connectivity index (χ3n) is 3.03. The van der Waals surface area contributed by atoms with Crippen molar-refractivity contribution in [3.8, 4) is 0 Å². The third kappa shape index (κ3) is 2.23. The van der Waals surface area contributed by atoms with Crippen molar-refractivity contribution in [2.45, 2.75) is 13.5 Å². The molecule has 0 aliphatic carbocycles. The lowest BCUT2D eigenvalue weighted by molar-refractivity contribution is 0.595. The normalized spacial score (nSPS) is 11.2. The van der Waals surface area contributed by atoms with Crippen LogP contribution in [0, 0.1) is 12.7 Å². The molecule has 0 fully saturated rings. The minimum absolute atomic E-state index is 0.0716. The van der Waals surface area contributed by atoms with E-state index in [0.717, 1.165) is 4.88 Å². The first-order valence-corrected chi connectivity index (χ1v) is 7.14. The number of nitrogens with zero attached hydrogens (tertiary/aromatic N) is 2. The Kier molecular flexibility index (Phi) is 3.31. The highest BCUT2D eigenvalue weighted by atomic mass is 35.5. The Bertz CT molecular complexity index is 836. The molecule has 0 spiro atoms. The first kappa shape index (κ1) is 13.3. The Hall–Kier alpha value is -1.72. The standard InChI is InChI=1S/C14H10ClFN2OS/c1-8-5-9-13(20-8)17-7-18(14(9)19)6-10-11(15)3-2-4-12(10)16/h2-5,7H,6H2,1H3. The van der Waals surface area contributed by atoms with E-state index in [1.165, 1.54) is 34.4 Å². The first-order valence-electron chi connectivity index (χ1n) is 5.95. The summed E-state index contributed by atoms with van der Waals surface area (Å²) in [6.45, 7) is 1.99. The maximum absolute atomic E-state index is 13.8. The molecule has 2 heterocycles. The minimum atomic E-state index is -0.425. The number of thiophene rings is 1. The van der Waals surface area contributed by atoms with Gasteiger partial charge in [0.1, 0.15) is 10.6 Å². The molecule has 3 aromatic rings. The molecule has 0 bridgehead atoms. The van der Waals surface area contributed by atoms with Crippen LogP contribution < -0.4 is 5.56 Å². The van der Waals surface area contributed by atoms with Crippen molar-refractivity contribution in [1.82, 2.24) is 9.55 Å². The van der Waals surface area contributed by atoms with Crippen molar-refractivity contribution in [1.29, 1.82) is 0 Å². The van der Waals surface area contributed by atoms with E-state index in [0.29, 0.717) is 20.8 Å². The lowest BCUT2D eigenvalue weighted by Crippen LogP contribution is -2.21. The second kappa shape index (κ2) is 5.00. The molecule has 0 saturated carbocycles. The molecule has 0 atom stereocenters. The summed E-state index contributed by atoms with van der Waals surface area (Å²) >= 11 is 7.44. The summed E-state index contributed by atoms with van der Waals surface area (Å²) in [4.78, 5) is 18.3. The number of hydrogen-bond acceptors (Lipinski definition) is 3. The second-order valence-electron chi connectivity index (χ2n) is 4.45. The molecule has 2 aromatic heterocycles. The molecule has 0 saturated heterocycles. The number of aryl methyl sites for hydroxylation is 1. The van der Waals surface area contributed by atoms with Crippen molar-refractivity contribution in [3.63, 3.8) is 0 Å². The van der Waals surface area contributed by atoms with Gasteiger partial charge in [-0.25, -0.2) is 9.37 Å². The highest BCUT2D eigenvalue weighted by molar-refractivity contribution is 7.18. The fourth-order valence-electron chi connectivity index (χ4n) is 2.05. The third-order valence-corrected chi connectivity index (χ3v) is 4.34. The van der Waals surface area contributed by atoms with E-state index in [1.807, 2.05) is 6.92 Å². The van der Waals surface area contributed by atoms with Crippen LogP contribution >= 0.6 is 22.9 Å². The number of fused-ring (bicyclic) bond motifs is 1. The van der Waals surface area contributed by atoms with Gasteiger partial charge in [-0.05, 0) is 25.1 Å². The van der Waals surface area contributed by atoms with E-state index in [9.17, 15) is 9.18 Å². The minimum Gasteiger partial charge on any atom is -0.294 e. The van der Waals surface area contributed by atoms with Crippen molar-refractivity contribution < 1.29 is 4.39 Å². The monoisotopic (exact) mass is 308 g/mol. The fraction of sp³-hybridized carbons (Fsp3) is 0.143. The van der Waals surface area contributed by atoms with Gasteiger partial charge in [0.2, 0.25) is 0 Å². The van der Waals surface area contributed by atoms with Crippen LogP contribution in [-0.4, -0.2) is 9.55 Å². The summed E-state index contributed by atoms with van der Waals surface area (Å²) in [5.41, 5.74) is 0.114. The van der Waals surface area contributed by atoms with E-state index in [4.69, 9.17) is 11.6 Å². The Morgan fingerprint density at radius 2 is 2.25 bits per heavy atom. The van der Waals surface area contributed by atoms with Gasteiger partial charge < -0.3 is 0 Å². The molecule has 102 valence electrons. The van der Waals surface area contributed by atoms with Crippen LogP contribution in [0.4, 0.5) is 4.39 Å². The summed E-state index contributed by atoms with van der Waals surface area (Å²) in [7, 11) is 0. The molecule has 20 heavy (non-hydrogen) atoms. The number of halogens is 2. The number of rotatable bonds is 2. The average Bonchev–Trinajstić information content (AvgIpc) is 2.78. The molecule has 0 unspecified atom stereocenters. The van der Waals surface area contributed by atoms with Gasteiger partial charge in [0.05, 0.1) is 18.3 Å². The molecule has 0 N–H and O–H groups in total. The van der Waals surface area contributed by atoms with E-state index in [-0.39, 0.29) is 12.1 Å². The lowest BCUT2D eigenvalue weighted by atomic mass is 10.2. The zero-order valence-corrected chi connectivity index (χ0v) is 12.1. The van der Waals surface area contributed by atoms with Gasteiger partial charge in [-0.15, -0.1) is 11.3 Å². The van der Waals surface area contributed by atoms with Crippen LogP contribution in [0.3, 0.4) is 0 Å². The van der Waals surface area contributed by atoms with Gasteiger partial charge >= 0.3 is 0 Å². The van der Waals surface area contributed by atoms with E-state index >= 15 is 0 Å². The molecule has 3 nitrogen and oxygen atoms in total. The van der Waals surface area contributed by atoms with Crippen molar-refractivity contribution >= 4 is 33.2 Å². The zero-order valence-electron chi connectivity index (χ0n) is 10.6. The summed E-state index contributed by atoms with van der Waals surface area (Å²) in [5.74, 6) is -0.425. The van der Waals surface area contributed by atoms with Gasteiger partial charge in [-0.1, -0.05) is 17.7 Å². The Morgan fingerprint density at radius 1 is 1.45 bits per heavy atom. The van der Waals surface area contributed by atoms with Gasteiger partial charge in [0.15, 0.2) is 0 Å². The van der Waals surface area contributed by atoms with Gasteiger partial charge in [-0.3, -0.25) is 9.36 Å².